The zero-order chi connectivity index (χ0) is 30.5. The molecule has 0 heterocycles. The normalized spacial score (nSPS) is 12.7. The fraction of sp³-hybridized carbons (Fsp3) is 1.00. The van der Waals surface area contributed by atoms with Crippen LogP contribution in [0.25, 0.3) is 0 Å². The molecule has 4 nitrogen and oxygen atoms in total. The van der Waals surface area contributed by atoms with Gasteiger partial charge in [-0.15, -0.1) is 0 Å². The minimum Gasteiger partial charge on any atom is -0.854 e. The molecule has 2 atom stereocenters. The summed E-state index contributed by atoms with van der Waals surface area (Å²) in [5.74, 6) is 3.22. The number of hydrogen-bond acceptors (Lipinski definition) is 6. The van der Waals surface area contributed by atoms with Gasteiger partial charge in [-0.25, -0.2) is 20.1 Å². The van der Waals surface area contributed by atoms with Crippen molar-refractivity contribution >= 4 is 125 Å². The van der Waals surface area contributed by atoms with Gasteiger partial charge < -0.3 is 55.5 Å². The average molecular weight is 752 g/mol. The molecule has 0 rings (SSSR count). The number of unbranched alkanes of at least 4 members (excludes halogenated alkanes) is 18. The van der Waals surface area contributed by atoms with Crippen molar-refractivity contribution in [2.75, 3.05) is 23.0 Å². The Labute approximate surface area is 333 Å². The average Bonchev–Trinajstić information content (AvgIpc) is 2.88. The van der Waals surface area contributed by atoms with Crippen LogP contribution in [0.4, 0.5) is 0 Å². The van der Waals surface area contributed by atoms with Crippen molar-refractivity contribution in [3.8, 4) is 0 Å². The van der Waals surface area contributed by atoms with Gasteiger partial charge >= 0.3 is 69.2 Å². The molecule has 0 spiro atoms. The Kier molecular flexibility index (Phi) is 53.9. The summed E-state index contributed by atoms with van der Waals surface area (Å²) in [5.41, 5.74) is -7.05. The van der Waals surface area contributed by atoms with Gasteiger partial charge in [0.05, 0.1) is 0 Å². The van der Waals surface area contributed by atoms with Gasteiger partial charge in [0.25, 0.3) is 0 Å². The standard InChI is InChI=1S/2C15H32O2PS2.3Mg/c2*1-3-5-7-8-9-10-11-13-15-20(18(16,17)19)14-12-6-4-2;;;/h2*3-15H2,1-2H3;;;/q2*-3;3*+2. The van der Waals surface area contributed by atoms with Crippen molar-refractivity contribution in [3.63, 3.8) is 0 Å². The molecule has 0 aliphatic carbocycles. The molecule has 0 amide bonds. The molecule has 0 aliphatic rings. The first-order valence-electron chi connectivity index (χ1n) is 16.4. The molecule has 0 aliphatic heterocycles. The summed E-state index contributed by atoms with van der Waals surface area (Å²) < 4.78 is 0. The molecule has 0 aromatic carbocycles. The van der Waals surface area contributed by atoms with Gasteiger partial charge in [0.15, 0.2) is 0 Å². The number of rotatable bonds is 26. The van der Waals surface area contributed by atoms with Crippen molar-refractivity contribution in [3.05, 3.63) is 0 Å². The molecular formula is C30H64Mg3O4P2S4. The van der Waals surface area contributed by atoms with E-state index in [-0.39, 0.29) is 69.2 Å². The maximum Gasteiger partial charge on any atom is 2.00 e. The summed E-state index contributed by atoms with van der Waals surface area (Å²) in [4.78, 5) is 46.5. The van der Waals surface area contributed by atoms with Crippen LogP contribution in [0.5, 0.6) is 0 Å². The van der Waals surface area contributed by atoms with E-state index in [1.807, 2.05) is 0 Å². The Bertz CT molecular complexity index is 609. The van der Waals surface area contributed by atoms with Crippen LogP contribution in [0.2, 0.25) is 0 Å². The Balaban J connectivity index is -0.000000209. The van der Waals surface area contributed by atoms with Crippen LogP contribution in [0.15, 0.2) is 0 Å². The van der Waals surface area contributed by atoms with Crippen LogP contribution in [0.1, 0.15) is 169 Å². The second-order valence-electron chi connectivity index (χ2n) is 11.0. The van der Waals surface area contributed by atoms with E-state index in [2.05, 4.69) is 27.7 Å². The minimum atomic E-state index is -3.53. The molecule has 248 valence electrons. The van der Waals surface area contributed by atoms with Gasteiger partial charge in [-0.2, -0.15) is 0 Å². The van der Waals surface area contributed by atoms with Crippen LogP contribution >= 0.6 is 11.4 Å². The van der Waals surface area contributed by atoms with Gasteiger partial charge in [-0.3, -0.25) is 0 Å². The summed E-state index contributed by atoms with van der Waals surface area (Å²) in [6, 6.07) is 0. The molecule has 0 fully saturated rings. The van der Waals surface area contributed by atoms with Crippen LogP contribution in [-0.4, -0.2) is 92.2 Å². The maximum absolute atomic E-state index is 11.6. The second-order valence-corrected chi connectivity index (χ2v) is 26.5. The SMILES string of the molecule is CCCCCCCCCCS(CCCCC)=P([O-])([O-])[S-].CCCCCCCCCCS(CCCCC)=P([O-])([O-])[S-].[Mg+2].[Mg+2].[Mg+2]. The molecule has 0 aromatic heterocycles. The molecule has 0 saturated carbocycles. The fourth-order valence-electron chi connectivity index (χ4n) is 4.49. The van der Waals surface area contributed by atoms with E-state index >= 15 is 0 Å². The fourth-order valence-corrected chi connectivity index (χ4v) is 14.9. The van der Waals surface area contributed by atoms with Crippen LogP contribution in [-0.2, 0) is 44.6 Å². The van der Waals surface area contributed by atoms with Gasteiger partial charge in [0.2, 0.25) is 0 Å². The number of hydrogen-bond donors (Lipinski definition) is 0. The van der Waals surface area contributed by atoms with E-state index in [1.165, 1.54) is 89.9 Å². The molecule has 13 heteroatoms. The molecule has 43 heavy (non-hydrogen) atoms. The third-order valence-electron chi connectivity index (χ3n) is 7.07. The smallest absolute Gasteiger partial charge is 0.854 e. The molecule has 2 unspecified atom stereocenters. The first-order chi connectivity index (χ1) is 19.0. The van der Waals surface area contributed by atoms with E-state index in [1.54, 1.807) is 0 Å². The predicted octanol–water partition coefficient (Wildman–Crippen LogP) is 6.62. The van der Waals surface area contributed by atoms with Gasteiger partial charge in [0, 0.05) is 0 Å². The first-order valence-corrected chi connectivity index (χ1v) is 26.1. The second kappa shape index (κ2) is 40.8. The van der Waals surface area contributed by atoms with Gasteiger partial charge in [-0.05, 0) is 48.7 Å². The van der Waals surface area contributed by atoms with Crippen molar-refractivity contribution in [1.29, 1.82) is 0 Å². The summed E-state index contributed by atoms with van der Waals surface area (Å²) in [5, 5.41) is 0. The molecule has 0 aromatic rings. The largest absolute Gasteiger partial charge is 2.00 e. The molecule has 0 N–H and O–H groups in total. The van der Waals surface area contributed by atoms with Crippen molar-refractivity contribution < 1.29 is 19.6 Å². The van der Waals surface area contributed by atoms with Crippen molar-refractivity contribution in [2.24, 2.45) is 0 Å². The van der Waals surface area contributed by atoms with Crippen LogP contribution in [0, 0.1) is 0 Å². The van der Waals surface area contributed by atoms with E-state index in [9.17, 15) is 19.6 Å². The third kappa shape index (κ3) is 42.5. The van der Waals surface area contributed by atoms with Gasteiger partial charge in [-0.1, -0.05) is 143 Å². The van der Waals surface area contributed by atoms with Crippen molar-refractivity contribution in [2.45, 2.75) is 169 Å². The Morgan fingerprint density at radius 2 is 0.512 bits per heavy atom. The Morgan fingerprint density at radius 3 is 0.721 bits per heavy atom. The summed E-state index contributed by atoms with van der Waals surface area (Å²) in [6.07, 6.45) is 26.6. The van der Waals surface area contributed by atoms with E-state index < -0.39 is 31.5 Å². The maximum atomic E-state index is 11.6. The molecule has 0 bridgehead atoms. The van der Waals surface area contributed by atoms with Gasteiger partial charge in [0.1, 0.15) is 0 Å². The summed E-state index contributed by atoms with van der Waals surface area (Å²) in [6.45, 7) is 8.74. The van der Waals surface area contributed by atoms with E-state index in [4.69, 9.17) is 24.5 Å². The molecule has 0 saturated heterocycles. The monoisotopic (exact) mass is 750 g/mol. The first kappa shape index (κ1) is 56.8. The van der Waals surface area contributed by atoms with Crippen LogP contribution in [0.3, 0.4) is 0 Å². The summed E-state index contributed by atoms with van der Waals surface area (Å²) in [7, 11) is -1.08. The quantitative estimate of drug-likeness (QED) is 0.0428. The Hall–Kier alpha value is 4.40. The van der Waals surface area contributed by atoms with E-state index in [0.29, 0.717) is 0 Å². The molecule has 0 radical (unpaired) electrons. The van der Waals surface area contributed by atoms with Crippen LogP contribution < -0.4 is 19.6 Å². The zero-order valence-corrected chi connectivity index (χ0v) is 38.0. The van der Waals surface area contributed by atoms with Crippen molar-refractivity contribution in [1.82, 2.24) is 0 Å². The topological polar surface area (TPSA) is 92.2 Å². The zero-order valence-electron chi connectivity index (χ0n) is 28.7. The summed E-state index contributed by atoms with van der Waals surface area (Å²) >= 11 is 9.43. The Morgan fingerprint density at radius 1 is 0.349 bits per heavy atom. The molecular weight excluding hydrogens is 687 g/mol. The predicted molar refractivity (Wildman–Crippen MR) is 204 cm³/mol. The third-order valence-corrected chi connectivity index (χ3v) is 21.2. The van der Waals surface area contributed by atoms with E-state index in [0.717, 1.165) is 74.4 Å². The minimum absolute atomic E-state index is 0.